The Morgan fingerprint density at radius 1 is 1.43 bits per heavy atom. The molecule has 14 heavy (non-hydrogen) atoms. The molecule has 0 N–H and O–H groups in total. The fourth-order valence-electron chi connectivity index (χ4n) is 1.17. The summed E-state index contributed by atoms with van der Waals surface area (Å²) >= 11 is 0. The maximum atomic E-state index is 11.4. The van der Waals surface area contributed by atoms with Gasteiger partial charge in [-0.2, -0.15) is 0 Å². The molecule has 0 aromatic rings. The second-order valence-corrected chi connectivity index (χ2v) is 8.20. The van der Waals surface area contributed by atoms with Gasteiger partial charge in [0.1, 0.15) is 0 Å². The van der Waals surface area contributed by atoms with Crippen molar-refractivity contribution >= 4 is 14.2 Å². The maximum Gasteiger partial charge on any atom is 0.245 e. The van der Waals surface area contributed by atoms with E-state index in [1.54, 1.807) is 11.9 Å². The first-order chi connectivity index (χ1) is 6.37. The van der Waals surface area contributed by atoms with Crippen molar-refractivity contribution in [2.24, 2.45) is 0 Å². The molecule has 4 heteroatoms. The van der Waals surface area contributed by atoms with Crippen molar-refractivity contribution in [1.29, 1.82) is 0 Å². The predicted octanol–water partition coefficient (Wildman–Crippen LogP) is 2.05. The third kappa shape index (κ3) is 6.86. The molecule has 1 radical (unpaired) electrons. The van der Waals surface area contributed by atoms with Gasteiger partial charge in [0.25, 0.3) is 0 Å². The van der Waals surface area contributed by atoms with Crippen molar-refractivity contribution < 1.29 is 9.59 Å². The largest absolute Gasteiger partial charge is 0.342 e. The van der Waals surface area contributed by atoms with Crippen molar-refractivity contribution in [1.82, 2.24) is 4.90 Å². The number of nitrogens with zero attached hydrogens (tertiary/aromatic N) is 1. The Bertz CT molecular complexity index is 199. The lowest BCUT2D eigenvalue weighted by atomic mass is 10.3. The van der Waals surface area contributed by atoms with Gasteiger partial charge in [-0.3, -0.25) is 9.59 Å². The van der Waals surface area contributed by atoms with E-state index >= 15 is 0 Å². The van der Waals surface area contributed by atoms with Crippen LogP contribution in [0.1, 0.15) is 12.8 Å². The van der Waals surface area contributed by atoms with Crippen LogP contribution in [0, 0.1) is 0 Å². The fourth-order valence-corrected chi connectivity index (χ4v) is 2.27. The highest BCUT2D eigenvalue weighted by Crippen LogP contribution is 2.10. The number of unbranched alkanes of at least 4 members (excludes halogenated alkanes) is 1. The van der Waals surface area contributed by atoms with E-state index in [1.807, 2.05) is 13.1 Å². The number of hydrogen-bond acceptors (Lipinski definition) is 1. The number of hydrogen-bond donors (Lipinski definition) is 0. The lowest BCUT2D eigenvalue weighted by molar-refractivity contribution is -0.124. The molecule has 0 heterocycles. The van der Waals surface area contributed by atoms with Crippen molar-refractivity contribution in [2.45, 2.75) is 32.0 Å². The zero-order valence-electron chi connectivity index (χ0n) is 9.38. The van der Waals surface area contributed by atoms with Crippen molar-refractivity contribution in [3.63, 3.8) is 0 Å². The van der Waals surface area contributed by atoms with Gasteiger partial charge in [-0.1, -0.05) is 13.0 Å². The molecule has 81 valence electrons. The number of likely N-dealkylation sites (N-methyl/N-ethyl adjacent to an activating group) is 1. The maximum absolute atomic E-state index is 11.4. The summed E-state index contributed by atoms with van der Waals surface area (Å²) in [6.07, 6.45) is 3.15. The Labute approximate surface area is 87.6 Å². The van der Waals surface area contributed by atoms with Crippen LogP contribution in [0.5, 0.6) is 0 Å². The number of carbonyl (C=O) groups is 1. The summed E-state index contributed by atoms with van der Waals surface area (Å²) in [6, 6.07) is 0.795. The normalized spacial score (nSPS) is 11.1. The van der Waals surface area contributed by atoms with E-state index in [-0.39, 0.29) is 5.91 Å². The van der Waals surface area contributed by atoms with Crippen LogP contribution in [-0.2, 0) is 9.59 Å². The van der Waals surface area contributed by atoms with Crippen LogP contribution in [-0.4, -0.2) is 32.7 Å². The van der Waals surface area contributed by atoms with E-state index in [9.17, 15) is 9.59 Å². The molecule has 0 bridgehead atoms. The van der Waals surface area contributed by atoms with E-state index < -0.39 is 8.32 Å². The Kier molecular flexibility index (Phi) is 5.72. The van der Waals surface area contributed by atoms with E-state index in [2.05, 4.69) is 6.58 Å². The first kappa shape index (κ1) is 13.4. The van der Waals surface area contributed by atoms with Gasteiger partial charge in [0, 0.05) is 13.6 Å². The average molecular weight is 214 g/mol. The third-order valence-corrected chi connectivity index (χ3v) is 3.63. The van der Waals surface area contributed by atoms with Gasteiger partial charge in [0.15, 0.2) is 0 Å². The molecular formula is C10H20NO2Si. The van der Waals surface area contributed by atoms with Crippen LogP contribution in [0.3, 0.4) is 0 Å². The van der Waals surface area contributed by atoms with Gasteiger partial charge in [-0.15, -0.1) is 0 Å². The summed E-state index contributed by atoms with van der Waals surface area (Å²) < 4.78 is 0. The molecule has 3 nitrogen and oxygen atoms in total. The van der Waals surface area contributed by atoms with Gasteiger partial charge in [-0.05, 0) is 31.6 Å². The minimum Gasteiger partial charge on any atom is -0.342 e. The van der Waals surface area contributed by atoms with Crippen LogP contribution < -0.4 is 0 Å². The van der Waals surface area contributed by atoms with E-state index in [0.29, 0.717) is 0 Å². The average Bonchev–Trinajstić information content (AvgIpc) is 2.09. The number of amides is 1. The molecule has 0 aliphatic rings. The summed E-state index contributed by atoms with van der Waals surface area (Å²) in [4.78, 5) is 24.1. The first-order valence-corrected chi connectivity index (χ1v) is 8.06. The van der Waals surface area contributed by atoms with Gasteiger partial charge < -0.3 is 4.90 Å². The van der Waals surface area contributed by atoms with Crippen LogP contribution in [0.15, 0.2) is 12.7 Å². The summed E-state index contributed by atoms with van der Waals surface area (Å²) in [6.45, 7) is 7.78. The monoisotopic (exact) mass is 214 g/mol. The summed E-state index contributed by atoms with van der Waals surface area (Å²) in [5.41, 5.74) is 0. The Morgan fingerprint density at radius 3 is 2.43 bits per heavy atom. The Balaban J connectivity index is 3.55. The highest BCUT2D eigenvalue weighted by molar-refractivity contribution is 6.69. The first-order valence-electron chi connectivity index (χ1n) is 4.95. The molecule has 0 aliphatic carbocycles. The molecule has 0 unspecified atom stereocenters. The Hall–Kier alpha value is -0.613. The quantitative estimate of drug-likeness (QED) is 0.379. The zero-order chi connectivity index (χ0) is 11.2. The molecule has 0 atom stereocenters. The molecule has 0 saturated heterocycles. The van der Waals surface area contributed by atoms with Crippen molar-refractivity contribution in [3.05, 3.63) is 12.7 Å². The topological polar surface area (TPSA) is 40.2 Å². The minimum atomic E-state index is -2.14. The highest BCUT2D eigenvalue weighted by Gasteiger charge is 2.18. The lowest BCUT2D eigenvalue weighted by Gasteiger charge is -2.16. The minimum absolute atomic E-state index is 0.0522. The molecule has 0 aromatic heterocycles. The molecule has 0 saturated carbocycles. The molecule has 1 amide bonds. The summed E-state index contributed by atoms with van der Waals surface area (Å²) in [5.74, 6) is -0.0522. The zero-order valence-corrected chi connectivity index (χ0v) is 10.4. The molecule has 0 rings (SSSR count). The van der Waals surface area contributed by atoms with E-state index in [0.717, 1.165) is 25.4 Å². The van der Waals surface area contributed by atoms with Gasteiger partial charge in [0.05, 0.1) is 0 Å². The standard InChI is InChI=1S/C10H20NO2Si/c1-5-10(12)11(2)8-6-7-9-14(3,4)13/h5H,1,6-9H2,2-4H3. The second kappa shape index (κ2) is 5.98. The molecular weight excluding hydrogens is 194 g/mol. The Morgan fingerprint density at radius 2 is 2.00 bits per heavy atom. The summed E-state index contributed by atoms with van der Waals surface area (Å²) in [5, 5.41) is 0. The van der Waals surface area contributed by atoms with Gasteiger partial charge >= 0.3 is 0 Å². The smallest absolute Gasteiger partial charge is 0.245 e. The molecule has 0 spiro atoms. The molecule has 0 fully saturated rings. The van der Waals surface area contributed by atoms with Crippen molar-refractivity contribution in [3.8, 4) is 0 Å². The highest BCUT2D eigenvalue weighted by atomic mass is 28.4. The van der Waals surface area contributed by atoms with Crippen LogP contribution in [0.25, 0.3) is 0 Å². The van der Waals surface area contributed by atoms with Crippen LogP contribution in [0.2, 0.25) is 19.1 Å². The SMILES string of the molecule is C=CC(=O)N(C)CCCC[Si](C)(C)[O]. The van der Waals surface area contributed by atoms with Gasteiger partial charge in [0.2, 0.25) is 14.2 Å². The third-order valence-electron chi connectivity index (χ3n) is 2.07. The number of rotatable bonds is 6. The molecule has 0 aromatic carbocycles. The van der Waals surface area contributed by atoms with Gasteiger partial charge in [-0.25, -0.2) is 0 Å². The number of carbonyl (C=O) groups excluding carboxylic acids is 1. The summed E-state index contributed by atoms with van der Waals surface area (Å²) in [7, 11) is -0.385. The predicted molar refractivity (Wildman–Crippen MR) is 60.0 cm³/mol. The van der Waals surface area contributed by atoms with E-state index in [4.69, 9.17) is 0 Å². The molecule has 0 aliphatic heterocycles. The van der Waals surface area contributed by atoms with E-state index in [1.165, 1.54) is 6.08 Å². The van der Waals surface area contributed by atoms with Crippen LogP contribution >= 0.6 is 0 Å². The van der Waals surface area contributed by atoms with Crippen LogP contribution in [0.4, 0.5) is 0 Å². The second-order valence-electron chi connectivity index (χ2n) is 4.18. The lowest BCUT2D eigenvalue weighted by Crippen LogP contribution is -2.27. The van der Waals surface area contributed by atoms with Crippen molar-refractivity contribution in [2.75, 3.05) is 13.6 Å². The fraction of sp³-hybridized carbons (Fsp3) is 0.700.